The number of hydrogen-bond acceptors (Lipinski definition) is 6. The highest BCUT2D eigenvalue weighted by Crippen LogP contribution is 2.33. The third-order valence-corrected chi connectivity index (χ3v) is 4.94. The van der Waals surface area contributed by atoms with E-state index in [1.807, 2.05) is 0 Å². The molecule has 0 aliphatic heterocycles. The molecule has 150 valence electrons. The Morgan fingerprint density at radius 1 is 0.786 bits per heavy atom. The summed E-state index contributed by atoms with van der Waals surface area (Å²) < 4.78 is 9.42. The van der Waals surface area contributed by atoms with E-state index in [9.17, 15) is 19.2 Å². The molecule has 2 rings (SSSR count). The molecule has 2 aromatic rings. The first-order valence-corrected chi connectivity index (χ1v) is 8.85. The molecule has 0 aromatic carbocycles. The van der Waals surface area contributed by atoms with Gasteiger partial charge in [0.05, 0.1) is 37.0 Å². The molecule has 28 heavy (non-hydrogen) atoms. The number of hydrogen-bond donors (Lipinski definition) is 2. The number of aldehydes is 2. The highest BCUT2D eigenvalue weighted by Gasteiger charge is 2.23. The van der Waals surface area contributed by atoms with Crippen LogP contribution in [-0.4, -0.2) is 48.7 Å². The topological polar surface area (TPSA) is 118 Å². The lowest BCUT2D eigenvalue weighted by Gasteiger charge is -2.08. The van der Waals surface area contributed by atoms with Crippen molar-refractivity contribution in [3.63, 3.8) is 0 Å². The van der Waals surface area contributed by atoms with Crippen molar-refractivity contribution < 1.29 is 28.7 Å². The second-order valence-corrected chi connectivity index (χ2v) is 6.42. The maximum absolute atomic E-state index is 11.6. The summed E-state index contributed by atoms with van der Waals surface area (Å²) in [6.45, 7) is 3.59. The van der Waals surface area contributed by atoms with Crippen molar-refractivity contribution >= 4 is 24.5 Å². The van der Waals surface area contributed by atoms with Crippen LogP contribution in [0.25, 0.3) is 11.4 Å². The van der Waals surface area contributed by atoms with Gasteiger partial charge in [0.15, 0.2) is 12.6 Å². The van der Waals surface area contributed by atoms with E-state index in [2.05, 4.69) is 9.97 Å². The highest BCUT2D eigenvalue weighted by atomic mass is 16.5. The van der Waals surface area contributed by atoms with E-state index in [1.165, 1.54) is 14.2 Å². The molecule has 0 fully saturated rings. The van der Waals surface area contributed by atoms with Crippen LogP contribution in [-0.2, 0) is 31.9 Å². The van der Waals surface area contributed by atoms with E-state index >= 15 is 0 Å². The third-order valence-electron chi connectivity index (χ3n) is 4.94. The van der Waals surface area contributed by atoms with Gasteiger partial charge in [-0.15, -0.1) is 0 Å². The first-order valence-electron chi connectivity index (χ1n) is 8.85. The minimum absolute atomic E-state index is 0.151. The zero-order valence-electron chi connectivity index (χ0n) is 16.4. The van der Waals surface area contributed by atoms with Crippen LogP contribution < -0.4 is 0 Å². The molecule has 0 saturated heterocycles. The zero-order valence-corrected chi connectivity index (χ0v) is 16.4. The minimum atomic E-state index is -0.360. The molecule has 2 heterocycles. The van der Waals surface area contributed by atoms with E-state index in [0.29, 0.717) is 48.2 Å². The number of aromatic nitrogens is 2. The number of rotatable bonds is 9. The molecule has 2 N–H and O–H groups in total. The van der Waals surface area contributed by atoms with E-state index in [1.54, 1.807) is 13.8 Å². The summed E-state index contributed by atoms with van der Waals surface area (Å²) in [4.78, 5) is 52.2. The van der Waals surface area contributed by atoms with Gasteiger partial charge in [-0.25, -0.2) is 0 Å². The smallest absolute Gasteiger partial charge is 0.305 e. The lowest BCUT2D eigenvalue weighted by molar-refractivity contribution is -0.141. The molecule has 0 aliphatic rings. The van der Waals surface area contributed by atoms with Gasteiger partial charge in [0.2, 0.25) is 0 Å². The molecular formula is C20H24N2O6. The maximum Gasteiger partial charge on any atom is 0.305 e. The Hall–Kier alpha value is -3.16. The Bertz CT molecular complexity index is 832. The van der Waals surface area contributed by atoms with Crippen molar-refractivity contribution in [2.45, 2.75) is 39.5 Å². The van der Waals surface area contributed by atoms with E-state index in [-0.39, 0.29) is 24.8 Å². The summed E-state index contributed by atoms with van der Waals surface area (Å²) in [6.07, 6.45) is 2.46. The number of methoxy groups -OCH3 is 2. The molecule has 0 spiro atoms. The van der Waals surface area contributed by atoms with Gasteiger partial charge < -0.3 is 19.4 Å². The SMILES string of the molecule is COC(=O)CCc1c(-c2[nH]c(C=O)c(C)c2CCC(=O)OC)[nH]c(C=O)c1C. The van der Waals surface area contributed by atoms with Crippen molar-refractivity contribution in [3.05, 3.63) is 33.6 Å². The van der Waals surface area contributed by atoms with Gasteiger partial charge in [-0.3, -0.25) is 19.2 Å². The van der Waals surface area contributed by atoms with Gasteiger partial charge in [-0.2, -0.15) is 0 Å². The first kappa shape index (κ1) is 21.1. The predicted octanol–water partition coefficient (Wildman–Crippen LogP) is 2.46. The fourth-order valence-corrected chi connectivity index (χ4v) is 3.25. The molecule has 0 bridgehead atoms. The Morgan fingerprint density at radius 2 is 1.14 bits per heavy atom. The van der Waals surface area contributed by atoms with E-state index in [4.69, 9.17) is 9.47 Å². The first-order chi connectivity index (χ1) is 13.4. The van der Waals surface area contributed by atoms with Crippen LogP contribution >= 0.6 is 0 Å². The predicted molar refractivity (Wildman–Crippen MR) is 102 cm³/mol. The standard InChI is InChI=1S/C20H24N2O6/c1-11-13(5-7-17(25)27-3)19(21-15(11)9-23)20-14(6-8-18(26)28-4)12(2)16(10-24)22-20/h9-10,21-22H,5-8H2,1-4H3. The number of ether oxygens (including phenoxy) is 2. The summed E-state index contributed by atoms with van der Waals surface area (Å²) in [6, 6.07) is 0. The average molecular weight is 388 g/mol. The van der Waals surface area contributed by atoms with E-state index < -0.39 is 0 Å². The van der Waals surface area contributed by atoms with Crippen molar-refractivity contribution in [1.82, 2.24) is 9.97 Å². The summed E-state index contributed by atoms with van der Waals surface area (Å²) in [5, 5.41) is 0. The molecule has 0 unspecified atom stereocenters. The molecule has 0 saturated carbocycles. The van der Waals surface area contributed by atoms with Crippen LogP contribution in [0.1, 0.15) is 56.1 Å². The molecule has 8 nitrogen and oxygen atoms in total. The monoisotopic (exact) mass is 388 g/mol. The molecule has 0 aliphatic carbocycles. The third kappa shape index (κ3) is 4.21. The van der Waals surface area contributed by atoms with Crippen LogP contribution in [0.15, 0.2) is 0 Å². The van der Waals surface area contributed by atoms with Crippen molar-refractivity contribution in [2.24, 2.45) is 0 Å². The molecule has 0 amide bonds. The fourth-order valence-electron chi connectivity index (χ4n) is 3.25. The molecule has 0 radical (unpaired) electrons. The molecule has 2 aromatic heterocycles. The second-order valence-electron chi connectivity index (χ2n) is 6.42. The second kappa shape index (κ2) is 9.16. The van der Waals surface area contributed by atoms with Crippen molar-refractivity contribution in [1.29, 1.82) is 0 Å². The van der Waals surface area contributed by atoms with Gasteiger partial charge in [-0.1, -0.05) is 0 Å². The van der Waals surface area contributed by atoms with Crippen LogP contribution in [0.4, 0.5) is 0 Å². The van der Waals surface area contributed by atoms with Gasteiger partial charge in [0.25, 0.3) is 0 Å². The quantitative estimate of drug-likeness (QED) is 0.503. The van der Waals surface area contributed by atoms with Crippen LogP contribution in [0.3, 0.4) is 0 Å². The summed E-state index contributed by atoms with van der Waals surface area (Å²) in [5.74, 6) is -0.720. The average Bonchev–Trinajstić information content (AvgIpc) is 3.19. The Kier molecular flexibility index (Phi) is 6.92. The number of aromatic amines is 2. The number of nitrogens with one attached hydrogen (secondary N) is 2. The maximum atomic E-state index is 11.6. The Morgan fingerprint density at radius 3 is 1.43 bits per heavy atom. The van der Waals surface area contributed by atoms with Gasteiger partial charge in [0, 0.05) is 12.8 Å². The lowest BCUT2D eigenvalue weighted by Crippen LogP contribution is -2.04. The van der Waals surface area contributed by atoms with Crippen LogP contribution in [0.5, 0.6) is 0 Å². The Labute approximate surface area is 162 Å². The molecule has 0 atom stereocenters. The molecule has 8 heteroatoms. The summed E-state index contributed by atoms with van der Waals surface area (Å²) in [5.41, 5.74) is 5.07. The molecular weight excluding hydrogens is 364 g/mol. The lowest BCUT2D eigenvalue weighted by atomic mass is 9.98. The van der Waals surface area contributed by atoms with E-state index in [0.717, 1.165) is 22.3 Å². The largest absolute Gasteiger partial charge is 0.469 e. The van der Waals surface area contributed by atoms with Crippen LogP contribution in [0, 0.1) is 13.8 Å². The van der Waals surface area contributed by atoms with Crippen molar-refractivity contribution in [3.8, 4) is 11.4 Å². The zero-order chi connectivity index (χ0) is 20.8. The number of esters is 2. The van der Waals surface area contributed by atoms with Crippen LogP contribution in [0.2, 0.25) is 0 Å². The van der Waals surface area contributed by atoms with Gasteiger partial charge >= 0.3 is 11.9 Å². The fraction of sp³-hybridized carbons (Fsp3) is 0.400. The van der Waals surface area contributed by atoms with Crippen molar-refractivity contribution in [2.75, 3.05) is 14.2 Å². The Balaban J connectivity index is 2.56. The summed E-state index contributed by atoms with van der Waals surface area (Å²) in [7, 11) is 2.64. The highest BCUT2D eigenvalue weighted by molar-refractivity contribution is 5.84. The number of carbonyl (C=O) groups excluding carboxylic acids is 4. The number of H-pyrrole nitrogens is 2. The normalized spacial score (nSPS) is 10.6. The minimum Gasteiger partial charge on any atom is -0.469 e. The van der Waals surface area contributed by atoms with Gasteiger partial charge in [-0.05, 0) is 48.9 Å². The number of carbonyl (C=O) groups is 4. The van der Waals surface area contributed by atoms with Gasteiger partial charge in [0.1, 0.15) is 0 Å². The summed E-state index contributed by atoms with van der Waals surface area (Å²) >= 11 is 0.